The number of aliphatic hydroxyl groups is 3. The molecule has 1 aliphatic heterocycles. The molecule has 0 radical (unpaired) electrons. The van der Waals surface area contributed by atoms with Gasteiger partial charge in [0.1, 0.15) is 12.5 Å². The number of carboxylic acids is 2. The van der Waals surface area contributed by atoms with Crippen LogP contribution >= 0.6 is 0 Å². The van der Waals surface area contributed by atoms with Gasteiger partial charge in [0.05, 0.1) is 6.61 Å². The zero-order chi connectivity index (χ0) is 21.3. The summed E-state index contributed by atoms with van der Waals surface area (Å²) in [4.78, 5) is 47.5. The number of nitrogens with one attached hydrogen (secondary N) is 1. The standard InChI is InChI=1S/C14H18N2O12/c1-26-13(11(22)23,4-8(19)20)28-14(25)6(5-17)27-10(9(14)21)16-3-2-7(18)15-12(16)24/h2-3,6,9-10,17,21,25H,4-5H2,1H3,(H,19,20)(H,22,23)(H,15,18,24)/t6-,9+,10-,13?,14+/m1/s1. The van der Waals surface area contributed by atoms with Crippen molar-refractivity contribution in [2.45, 2.75) is 36.4 Å². The Bertz CT molecular complexity index is 864. The number of methoxy groups -OCH3 is 1. The summed E-state index contributed by atoms with van der Waals surface area (Å²) in [6.07, 6.45) is -6.09. The van der Waals surface area contributed by atoms with Gasteiger partial charge in [0.15, 0.2) is 12.3 Å². The minimum absolute atomic E-state index is 0.655. The minimum Gasteiger partial charge on any atom is -0.481 e. The topological polar surface area (TPSA) is 218 Å². The molecule has 156 valence electrons. The Morgan fingerprint density at radius 1 is 1.39 bits per heavy atom. The second-order valence-corrected chi connectivity index (χ2v) is 5.85. The summed E-state index contributed by atoms with van der Waals surface area (Å²) in [5, 5.41) is 49.0. The van der Waals surface area contributed by atoms with E-state index in [1.54, 1.807) is 0 Å². The monoisotopic (exact) mass is 406 g/mol. The molecule has 2 rings (SSSR count). The maximum Gasteiger partial charge on any atom is 0.365 e. The first-order valence-corrected chi connectivity index (χ1v) is 7.69. The highest BCUT2D eigenvalue weighted by atomic mass is 16.8. The number of aromatic amines is 1. The summed E-state index contributed by atoms with van der Waals surface area (Å²) in [5.74, 6) is -9.57. The number of ether oxygens (including phenoxy) is 3. The summed E-state index contributed by atoms with van der Waals surface area (Å²) in [7, 11) is 0.792. The van der Waals surface area contributed by atoms with Gasteiger partial charge in [0.2, 0.25) is 5.79 Å². The molecule has 14 nitrogen and oxygen atoms in total. The second kappa shape index (κ2) is 7.78. The number of aromatic nitrogens is 2. The fraction of sp³-hybridized carbons (Fsp3) is 0.571. The average molecular weight is 406 g/mol. The van der Waals surface area contributed by atoms with Crippen LogP contribution in [0, 0.1) is 0 Å². The van der Waals surface area contributed by atoms with E-state index in [4.69, 9.17) is 14.6 Å². The summed E-state index contributed by atoms with van der Waals surface area (Å²) in [6.45, 7) is -1.02. The number of aliphatic carboxylic acids is 2. The fourth-order valence-electron chi connectivity index (χ4n) is 2.70. The molecule has 1 fully saturated rings. The molecular weight excluding hydrogens is 388 g/mol. The van der Waals surface area contributed by atoms with Gasteiger partial charge in [0, 0.05) is 19.4 Å². The van der Waals surface area contributed by atoms with E-state index in [1.165, 1.54) is 0 Å². The smallest absolute Gasteiger partial charge is 0.365 e. The highest BCUT2D eigenvalue weighted by Gasteiger charge is 2.62. The number of rotatable bonds is 8. The third-order valence-electron chi connectivity index (χ3n) is 4.12. The Morgan fingerprint density at radius 2 is 2.04 bits per heavy atom. The van der Waals surface area contributed by atoms with Crippen LogP contribution in [0.2, 0.25) is 0 Å². The zero-order valence-corrected chi connectivity index (χ0v) is 14.3. The third kappa shape index (κ3) is 3.68. The number of hydrogen-bond acceptors (Lipinski definition) is 10. The van der Waals surface area contributed by atoms with Gasteiger partial charge < -0.3 is 39.7 Å². The van der Waals surface area contributed by atoms with Crippen molar-refractivity contribution in [2.24, 2.45) is 0 Å². The summed E-state index contributed by atoms with van der Waals surface area (Å²) in [5.41, 5.74) is -1.80. The van der Waals surface area contributed by atoms with Gasteiger partial charge in [-0.15, -0.1) is 0 Å². The first kappa shape index (κ1) is 21.7. The Kier molecular flexibility index (Phi) is 6.03. The Morgan fingerprint density at radius 3 is 2.50 bits per heavy atom. The number of H-pyrrole nitrogens is 1. The van der Waals surface area contributed by atoms with E-state index in [0.29, 0.717) is 4.57 Å². The van der Waals surface area contributed by atoms with E-state index in [9.17, 15) is 39.6 Å². The number of hydrogen-bond donors (Lipinski definition) is 6. The van der Waals surface area contributed by atoms with Crippen molar-refractivity contribution in [1.82, 2.24) is 9.55 Å². The van der Waals surface area contributed by atoms with Gasteiger partial charge in [-0.25, -0.2) is 9.59 Å². The van der Waals surface area contributed by atoms with Crippen LogP contribution in [0.3, 0.4) is 0 Å². The molecule has 0 aliphatic carbocycles. The Hall–Kier alpha value is -2.62. The average Bonchev–Trinajstić information content (AvgIpc) is 2.85. The predicted molar refractivity (Wildman–Crippen MR) is 84.0 cm³/mol. The van der Waals surface area contributed by atoms with Gasteiger partial charge >= 0.3 is 17.6 Å². The molecule has 0 saturated carbocycles. The lowest BCUT2D eigenvalue weighted by Gasteiger charge is -2.37. The number of carboxylic acid groups (broad SMARTS) is 2. The van der Waals surface area contributed by atoms with Crippen LogP contribution in [0.4, 0.5) is 0 Å². The van der Waals surface area contributed by atoms with Crippen molar-refractivity contribution >= 4 is 11.9 Å². The van der Waals surface area contributed by atoms with Crippen LogP contribution in [0.25, 0.3) is 0 Å². The van der Waals surface area contributed by atoms with Crippen molar-refractivity contribution in [3.63, 3.8) is 0 Å². The molecule has 1 aromatic heterocycles. The van der Waals surface area contributed by atoms with Crippen LogP contribution in [-0.4, -0.2) is 84.5 Å². The second-order valence-electron chi connectivity index (χ2n) is 5.85. The molecule has 0 spiro atoms. The maximum atomic E-state index is 11.9. The molecule has 5 atom stereocenters. The maximum absolute atomic E-state index is 11.9. The Balaban J connectivity index is 2.48. The van der Waals surface area contributed by atoms with Crippen molar-refractivity contribution in [3.05, 3.63) is 33.1 Å². The molecule has 0 aromatic carbocycles. The van der Waals surface area contributed by atoms with Crippen molar-refractivity contribution in [1.29, 1.82) is 0 Å². The first-order valence-electron chi connectivity index (χ1n) is 7.69. The van der Waals surface area contributed by atoms with Crippen LogP contribution in [0.1, 0.15) is 12.6 Å². The minimum atomic E-state index is -3.00. The molecular formula is C14H18N2O12. The van der Waals surface area contributed by atoms with E-state index in [-0.39, 0.29) is 0 Å². The lowest BCUT2D eigenvalue weighted by atomic mass is 10.0. The van der Waals surface area contributed by atoms with E-state index in [0.717, 1.165) is 19.4 Å². The number of nitrogens with zero attached hydrogens (tertiary/aromatic N) is 1. The van der Waals surface area contributed by atoms with E-state index in [2.05, 4.69) is 4.74 Å². The first-order chi connectivity index (χ1) is 13.0. The molecule has 1 saturated heterocycles. The van der Waals surface area contributed by atoms with E-state index in [1.807, 2.05) is 4.98 Å². The van der Waals surface area contributed by atoms with Crippen LogP contribution in [0.15, 0.2) is 21.9 Å². The molecule has 6 N–H and O–H groups in total. The van der Waals surface area contributed by atoms with Crippen molar-refractivity contribution in [2.75, 3.05) is 13.7 Å². The quantitative estimate of drug-likeness (QED) is 0.231. The summed E-state index contributed by atoms with van der Waals surface area (Å²) < 4.78 is 15.4. The van der Waals surface area contributed by atoms with Gasteiger partial charge in [0.25, 0.3) is 11.3 Å². The molecule has 28 heavy (non-hydrogen) atoms. The number of carbonyl (C=O) groups is 2. The predicted octanol–water partition coefficient (Wildman–Crippen LogP) is -3.61. The molecule has 1 aromatic rings. The highest BCUT2D eigenvalue weighted by Crippen LogP contribution is 2.40. The lowest BCUT2D eigenvalue weighted by molar-refractivity contribution is -0.360. The van der Waals surface area contributed by atoms with E-state index < -0.39 is 66.2 Å². The van der Waals surface area contributed by atoms with Gasteiger partial charge in [-0.1, -0.05) is 0 Å². The largest absolute Gasteiger partial charge is 0.481 e. The summed E-state index contributed by atoms with van der Waals surface area (Å²) >= 11 is 0. The highest BCUT2D eigenvalue weighted by molar-refractivity contribution is 5.82. The molecule has 14 heteroatoms. The Labute approximate surface area is 155 Å². The van der Waals surface area contributed by atoms with Crippen molar-refractivity contribution in [3.8, 4) is 0 Å². The molecule has 2 heterocycles. The fourth-order valence-corrected chi connectivity index (χ4v) is 2.70. The van der Waals surface area contributed by atoms with Gasteiger partial charge in [-0.3, -0.25) is 19.1 Å². The van der Waals surface area contributed by atoms with Crippen molar-refractivity contribution < 1.29 is 49.3 Å². The van der Waals surface area contributed by atoms with Crippen LogP contribution in [-0.2, 0) is 23.8 Å². The van der Waals surface area contributed by atoms with E-state index >= 15 is 0 Å². The molecule has 0 amide bonds. The molecule has 1 unspecified atom stereocenters. The molecule has 0 bridgehead atoms. The summed E-state index contributed by atoms with van der Waals surface area (Å²) in [6, 6.07) is 0.908. The SMILES string of the molecule is COC(CC(=O)O)(O[C@@]1(O)[C@@H](CO)O[C@@H](n2ccc(=O)[nH]c2=O)[C@@H]1O)C(=O)O. The molecule has 1 aliphatic rings. The normalized spacial score (nSPS) is 29.4. The zero-order valence-electron chi connectivity index (χ0n) is 14.3. The number of aliphatic hydroxyl groups excluding tert-OH is 2. The van der Waals surface area contributed by atoms with Crippen LogP contribution in [0.5, 0.6) is 0 Å². The van der Waals surface area contributed by atoms with Gasteiger partial charge in [-0.05, 0) is 0 Å². The third-order valence-corrected chi connectivity index (χ3v) is 4.12. The lowest BCUT2D eigenvalue weighted by Crippen LogP contribution is -2.60. The van der Waals surface area contributed by atoms with Gasteiger partial charge in [-0.2, -0.15) is 0 Å². The van der Waals surface area contributed by atoms with Crippen LogP contribution < -0.4 is 11.2 Å².